The minimum absolute atomic E-state index is 0.161. The van der Waals surface area contributed by atoms with E-state index >= 15 is 0 Å². The van der Waals surface area contributed by atoms with E-state index in [2.05, 4.69) is 49.9 Å². The van der Waals surface area contributed by atoms with Crippen molar-refractivity contribution in [2.24, 2.45) is 0 Å². The van der Waals surface area contributed by atoms with Crippen LogP contribution in [0.2, 0.25) is 0 Å². The molecule has 1 N–H and O–H groups in total. The molecule has 0 bridgehead atoms. The average Bonchev–Trinajstić information content (AvgIpc) is 2.43. The third kappa shape index (κ3) is 7.07. The Morgan fingerprint density at radius 1 is 1.24 bits per heavy atom. The maximum atomic E-state index is 10.2. The number of hydrogen-bond donors (Lipinski definition) is 1. The molecule has 3 nitrogen and oxygen atoms in total. The van der Waals surface area contributed by atoms with Crippen LogP contribution in [-0.2, 0) is 11.3 Å². The summed E-state index contributed by atoms with van der Waals surface area (Å²) in [6.45, 7) is 12.4. The Bertz CT molecular complexity index is 406. The van der Waals surface area contributed by atoms with Crippen molar-refractivity contribution in [3.63, 3.8) is 0 Å². The van der Waals surface area contributed by atoms with E-state index in [9.17, 15) is 5.11 Å². The van der Waals surface area contributed by atoms with E-state index in [1.54, 1.807) is 0 Å². The van der Waals surface area contributed by atoms with Gasteiger partial charge in [0.05, 0.1) is 18.8 Å². The maximum absolute atomic E-state index is 10.2. The number of aryl methyl sites for hydroxylation is 1. The normalized spacial score (nSPS) is 14.7. The fourth-order valence-electron chi connectivity index (χ4n) is 2.33. The minimum Gasteiger partial charge on any atom is -0.389 e. The van der Waals surface area contributed by atoms with Gasteiger partial charge in [-0.1, -0.05) is 36.8 Å². The second-order valence-electron chi connectivity index (χ2n) is 6.21. The molecule has 0 radical (unpaired) electrons. The molecule has 0 fully saturated rings. The topological polar surface area (TPSA) is 32.7 Å². The first-order chi connectivity index (χ1) is 9.92. The Balaban J connectivity index is 2.63. The van der Waals surface area contributed by atoms with Gasteiger partial charge in [-0.3, -0.25) is 4.90 Å². The molecule has 0 aliphatic rings. The Morgan fingerprint density at radius 3 is 2.52 bits per heavy atom. The quantitative estimate of drug-likeness (QED) is 0.757. The lowest BCUT2D eigenvalue weighted by Gasteiger charge is -2.30. The first kappa shape index (κ1) is 18.1. The van der Waals surface area contributed by atoms with E-state index in [-0.39, 0.29) is 6.10 Å². The van der Waals surface area contributed by atoms with Crippen LogP contribution in [0.15, 0.2) is 24.3 Å². The summed E-state index contributed by atoms with van der Waals surface area (Å²) in [5.41, 5.74) is 2.58. The van der Waals surface area contributed by atoms with Crippen molar-refractivity contribution in [3.8, 4) is 0 Å². The highest BCUT2D eigenvalue weighted by molar-refractivity contribution is 5.22. The summed E-state index contributed by atoms with van der Waals surface area (Å²) in [5, 5.41) is 10.2. The molecule has 0 amide bonds. The zero-order valence-electron chi connectivity index (χ0n) is 14.2. The van der Waals surface area contributed by atoms with Crippen molar-refractivity contribution in [2.75, 3.05) is 13.2 Å². The Hall–Kier alpha value is -0.900. The van der Waals surface area contributed by atoms with E-state index in [1.807, 2.05) is 13.8 Å². The van der Waals surface area contributed by atoms with Crippen molar-refractivity contribution in [2.45, 2.75) is 65.8 Å². The number of rotatable bonds is 9. The average molecular weight is 293 g/mol. The van der Waals surface area contributed by atoms with Crippen LogP contribution in [0.5, 0.6) is 0 Å². The van der Waals surface area contributed by atoms with Gasteiger partial charge in [0.2, 0.25) is 0 Å². The van der Waals surface area contributed by atoms with Crippen LogP contribution in [0.25, 0.3) is 0 Å². The molecule has 1 rings (SSSR count). The third-order valence-corrected chi connectivity index (χ3v) is 3.75. The second-order valence-corrected chi connectivity index (χ2v) is 6.21. The highest BCUT2D eigenvalue weighted by Crippen LogP contribution is 2.13. The zero-order valence-corrected chi connectivity index (χ0v) is 14.2. The lowest BCUT2D eigenvalue weighted by atomic mass is 10.1. The van der Waals surface area contributed by atoms with Crippen molar-refractivity contribution < 1.29 is 9.84 Å². The summed E-state index contributed by atoms with van der Waals surface area (Å²) in [6.07, 6.45) is 0.795. The standard InChI is InChI=1S/C18H31NO2/c1-6-16(5)19(12-18(20)13-21-14(2)3)11-17-9-7-8-15(4)10-17/h7-10,14,16,18,20H,6,11-13H2,1-5H3. The van der Waals surface area contributed by atoms with Crippen LogP contribution in [0.3, 0.4) is 0 Å². The second kappa shape index (κ2) is 9.19. The monoisotopic (exact) mass is 293 g/mol. The molecular formula is C18H31NO2. The molecule has 0 saturated carbocycles. The fourth-order valence-corrected chi connectivity index (χ4v) is 2.33. The van der Waals surface area contributed by atoms with E-state index < -0.39 is 6.10 Å². The van der Waals surface area contributed by atoms with E-state index in [4.69, 9.17) is 4.74 Å². The molecule has 21 heavy (non-hydrogen) atoms. The summed E-state index contributed by atoms with van der Waals surface area (Å²) in [6, 6.07) is 9.02. The van der Waals surface area contributed by atoms with Gasteiger partial charge in [-0.25, -0.2) is 0 Å². The zero-order chi connectivity index (χ0) is 15.8. The van der Waals surface area contributed by atoms with Crippen LogP contribution in [-0.4, -0.2) is 41.4 Å². The summed E-state index contributed by atoms with van der Waals surface area (Å²) in [5.74, 6) is 0. The molecule has 0 aliphatic carbocycles. The smallest absolute Gasteiger partial charge is 0.0900 e. The lowest BCUT2D eigenvalue weighted by molar-refractivity contribution is -0.0149. The van der Waals surface area contributed by atoms with Crippen LogP contribution < -0.4 is 0 Å². The summed E-state index contributed by atoms with van der Waals surface area (Å²) in [4.78, 5) is 2.34. The maximum Gasteiger partial charge on any atom is 0.0900 e. The van der Waals surface area contributed by atoms with E-state index in [0.717, 1.165) is 13.0 Å². The molecule has 0 saturated heterocycles. The van der Waals surface area contributed by atoms with Gasteiger partial charge in [0.1, 0.15) is 0 Å². The third-order valence-electron chi connectivity index (χ3n) is 3.75. The molecule has 0 aliphatic heterocycles. The van der Waals surface area contributed by atoms with Gasteiger partial charge in [-0.2, -0.15) is 0 Å². The van der Waals surface area contributed by atoms with Gasteiger partial charge in [0.15, 0.2) is 0 Å². The van der Waals surface area contributed by atoms with Crippen LogP contribution in [0.4, 0.5) is 0 Å². The molecule has 120 valence electrons. The molecular weight excluding hydrogens is 262 g/mol. The van der Waals surface area contributed by atoms with Crippen molar-refractivity contribution in [3.05, 3.63) is 35.4 Å². The highest BCUT2D eigenvalue weighted by atomic mass is 16.5. The predicted octanol–water partition coefficient (Wildman–Crippen LogP) is 3.38. The lowest BCUT2D eigenvalue weighted by Crippen LogP contribution is -2.40. The molecule has 1 aromatic carbocycles. The van der Waals surface area contributed by atoms with Crippen molar-refractivity contribution in [1.82, 2.24) is 4.90 Å². The number of aliphatic hydroxyl groups is 1. The minimum atomic E-state index is -0.439. The summed E-state index contributed by atoms with van der Waals surface area (Å²) < 4.78 is 5.51. The highest BCUT2D eigenvalue weighted by Gasteiger charge is 2.17. The summed E-state index contributed by atoms with van der Waals surface area (Å²) in [7, 11) is 0. The molecule has 0 aromatic heterocycles. The molecule has 2 unspecified atom stereocenters. The van der Waals surface area contributed by atoms with Crippen LogP contribution >= 0.6 is 0 Å². The number of aliphatic hydroxyl groups excluding tert-OH is 1. The van der Waals surface area contributed by atoms with Gasteiger partial charge >= 0.3 is 0 Å². The van der Waals surface area contributed by atoms with Gasteiger partial charge in [0, 0.05) is 19.1 Å². The number of nitrogens with zero attached hydrogens (tertiary/aromatic N) is 1. The molecule has 1 aromatic rings. The van der Waals surface area contributed by atoms with E-state index in [0.29, 0.717) is 19.2 Å². The van der Waals surface area contributed by atoms with Crippen molar-refractivity contribution >= 4 is 0 Å². The van der Waals surface area contributed by atoms with Crippen LogP contribution in [0.1, 0.15) is 45.2 Å². The Morgan fingerprint density at radius 2 is 1.95 bits per heavy atom. The van der Waals surface area contributed by atoms with E-state index in [1.165, 1.54) is 11.1 Å². The number of ether oxygens (including phenoxy) is 1. The number of benzene rings is 1. The predicted molar refractivity (Wildman–Crippen MR) is 88.4 cm³/mol. The Labute approximate surface area is 129 Å². The van der Waals surface area contributed by atoms with Gasteiger partial charge in [-0.05, 0) is 39.7 Å². The van der Waals surface area contributed by atoms with Crippen LogP contribution in [0, 0.1) is 6.92 Å². The van der Waals surface area contributed by atoms with Crippen molar-refractivity contribution in [1.29, 1.82) is 0 Å². The van der Waals surface area contributed by atoms with Gasteiger partial charge < -0.3 is 9.84 Å². The molecule has 2 atom stereocenters. The fraction of sp³-hybridized carbons (Fsp3) is 0.667. The van der Waals surface area contributed by atoms with Gasteiger partial charge in [-0.15, -0.1) is 0 Å². The first-order valence-electron chi connectivity index (χ1n) is 8.01. The van der Waals surface area contributed by atoms with Gasteiger partial charge in [0.25, 0.3) is 0 Å². The molecule has 0 spiro atoms. The largest absolute Gasteiger partial charge is 0.389 e. The number of hydrogen-bond acceptors (Lipinski definition) is 3. The molecule has 3 heteroatoms. The Kier molecular flexibility index (Phi) is 7.94. The summed E-state index contributed by atoms with van der Waals surface area (Å²) >= 11 is 0. The molecule has 0 heterocycles. The first-order valence-corrected chi connectivity index (χ1v) is 8.01. The SMILES string of the molecule is CCC(C)N(Cc1cccc(C)c1)CC(O)COC(C)C.